The average molecular weight is 359 g/mol. The van der Waals surface area contributed by atoms with Crippen LogP contribution in [0.5, 0.6) is 5.75 Å². The highest BCUT2D eigenvalue weighted by Gasteiger charge is 2.07. The molecule has 1 amide bonds. The van der Waals surface area contributed by atoms with Gasteiger partial charge in [0.15, 0.2) is 5.16 Å². The molecule has 0 spiro atoms. The molecule has 0 aliphatic carbocycles. The van der Waals surface area contributed by atoms with Crippen molar-refractivity contribution in [2.24, 2.45) is 5.10 Å². The van der Waals surface area contributed by atoms with Gasteiger partial charge in [-0.1, -0.05) is 11.8 Å². The zero-order valence-corrected chi connectivity index (χ0v) is 15.5. The average Bonchev–Trinajstić information content (AvgIpc) is 2.60. The van der Waals surface area contributed by atoms with E-state index >= 15 is 0 Å². The minimum absolute atomic E-state index is 0.191. The van der Waals surface area contributed by atoms with Crippen molar-refractivity contribution in [1.29, 1.82) is 0 Å². The molecule has 0 atom stereocenters. The van der Waals surface area contributed by atoms with Crippen molar-refractivity contribution >= 4 is 29.7 Å². The number of aromatic nitrogens is 2. The standard InChI is InChI=1S/C17H21N5O2S/c1-12-9-15(22(2)3)20-17(19-12)25-11-16(23)21-18-10-13-5-7-14(24-4)8-6-13/h5-10H,11H2,1-4H3,(H,21,23). The molecule has 1 heterocycles. The number of amides is 1. The number of rotatable bonds is 7. The van der Waals surface area contributed by atoms with Crippen molar-refractivity contribution in [3.63, 3.8) is 0 Å². The number of carbonyl (C=O) groups is 1. The summed E-state index contributed by atoms with van der Waals surface area (Å²) in [4.78, 5) is 22.5. The quantitative estimate of drug-likeness (QED) is 0.353. The predicted octanol–water partition coefficient (Wildman–Crippen LogP) is 2.10. The molecule has 0 aliphatic rings. The van der Waals surface area contributed by atoms with Gasteiger partial charge in [-0.2, -0.15) is 5.10 Å². The lowest BCUT2D eigenvalue weighted by Gasteiger charge is -2.12. The van der Waals surface area contributed by atoms with Crippen LogP contribution in [0, 0.1) is 6.92 Å². The molecule has 0 fully saturated rings. The summed E-state index contributed by atoms with van der Waals surface area (Å²) in [7, 11) is 5.44. The predicted molar refractivity (Wildman–Crippen MR) is 101 cm³/mol. The Labute approximate surface area is 151 Å². The van der Waals surface area contributed by atoms with Crippen LogP contribution in [-0.4, -0.2) is 49.0 Å². The lowest BCUT2D eigenvalue weighted by Crippen LogP contribution is -2.20. The lowest BCUT2D eigenvalue weighted by atomic mass is 10.2. The Hall–Kier alpha value is -2.61. The number of methoxy groups -OCH3 is 1. The van der Waals surface area contributed by atoms with Crippen molar-refractivity contribution in [3.8, 4) is 5.75 Å². The van der Waals surface area contributed by atoms with Gasteiger partial charge in [0, 0.05) is 25.9 Å². The van der Waals surface area contributed by atoms with Crippen LogP contribution in [0.4, 0.5) is 5.82 Å². The molecule has 1 N–H and O–H groups in total. The molecule has 1 aromatic carbocycles. The van der Waals surface area contributed by atoms with Crippen LogP contribution in [0.2, 0.25) is 0 Å². The maximum absolute atomic E-state index is 11.9. The largest absolute Gasteiger partial charge is 0.497 e. The molecule has 0 saturated carbocycles. The number of hydrazone groups is 1. The Kier molecular flexibility index (Phi) is 6.76. The second-order valence-electron chi connectivity index (χ2n) is 5.40. The molecule has 2 rings (SSSR count). The highest BCUT2D eigenvalue weighted by molar-refractivity contribution is 7.99. The van der Waals surface area contributed by atoms with Gasteiger partial charge in [0.1, 0.15) is 11.6 Å². The Morgan fingerprint density at radius 2 is 2.04 bits per heavy atom. The third kappa shape index (κ3) is 6.07. The molecule has 0 unspecified atom stereocenters. The summed E-state index contributed by atoms with van der Waals surface area (Å²) < 4.78 is 5.09. The fraction of sp³-hybridized carbons (Fsp3) is 0.294. The zero-order chi connectivity index (χ0) is 18.2. The van der Waals surface area contributed by atoms with Gasteiger partial charge in [-0.3, -0.25) is 4.79 Å². The molecule has 0 radical (unpaired) electrons. The Bertz CT molecular complexity index is 747. The number of nitrogens with one attached hydrogen (secondary N) is 1. The second kappa shape index (κ2) is 9.03. The normalized spacial score (nSPS) is 10.7. The van der Waals surface area contributed by atoms with E-state index in [-0.39, 0.29) is 11.7 Å². The fourth-order valence-electron chi connectivity index (χ4n) is 1.85. The van der Waals surface area contributed by atoms with E-state index in [2.05, 4.69) is 20.5 Å². The highest BCUT2D eigenvalue weighted by atomic mass is 32.2. The third-order valence-corrected chi connectivity index (χ3v) is 3.98. The molecule has 1 aromatic heterocycles. The fourth-order valence-corrected chi connectivity index (χ4v) is 2.54. The Morgan fingerprint density at radius 1 is 1.32 bits per heavy atom. The maximum Gasteiger partial charge on any atom is 0.250 e. The topological polar surface area (TPSA) is 79.7 Å². The van der Waals surface area contributed by atoms with Crippen molar-refractivity contribution in [2.45, 2.75) is 12.1 Å². The molecule has 0 bridgehead atoms. The summed E-state index contributed by atoms with van der Waals surface area (Å²) in [6.45, 7) is 1.90. The molecule has 132 valence electrons. The summed E-state index contributed by atoms with van der Waals surface area (Å²) in [5.74, 6) is 1.56. The minimum atomic E-state index is -0.216. The van der Waals surface area contributed by atoms with Crippen molar-refractivity contribution < 1.29 is 9.53 Å². The smallest absolute Gasteiger partial charge is 0.250 e. The molecule has 25 heavy (non-hydrogen) atoms. The minimum Gasteiger partial charge on any atom is -0.497 e. The number of ether oxygens (including phenoxy) is 1. The van der Waals surface area contributed by atoms with Gasteiger partial charge in [0.2, 0.25) is 0 Å². The number of benzene rings is 1. The van der Waals surface area contributed by atoms with E-state index in [1.54, 1.807) is 13.3 Å². The van der Waals surface area contributed by atoms with Crippen molar-refractivity contribution in [3.05, 3.63) is 41.6 Å². The van der Waals surface area contributed by atoms with Gasteiger partial charge in [0.05, 0.1) is 19.1 Å². The first-order valence-corrected chi connectivity index (χ1v) is 8.58. The summed E-state index contributed by atoms with van der Waals surface area (Å²) in [5.41, 5.74) is 4.22. The van der Waals surface area contributed by atoms with Gasteiger partial charge in [-0.15, -0.1) is 0 Å². The number of carbonyl (C=O) groups excluding carboxylic acids is 1. The van der Waals surface area contributed by atoms with E-state index in [1.807, 2.05) is 56.3 Å². The first-order valence-electron chi connectivity index (χ1n) is 7.59. The summed E-state index contributed by atoms with van der Waals surface area (Å²) >= 11 is 1.27. The molecule has 0 saturated heterocycles. The van der Waals surface area contributed by atoms with Crippen LogP contribution in [0.15, 0.2) is 40.6 Å². The van der Waals surface area contributed by atoms with E-state index in [9.17, 15) is 4.79 Å². The van der Waals surface area contributed by atoms with E-state index in [4.69, 9.17) is 4.74 Å². The summed E-state index contributed by atoms with van der Waals surface area (Å²) in [6.07, 6.45) is 1.58. The van der Waals surface area contributed by atoms with Crippen molar-refractivity contribution in [1.82, 2.24) is 15.4 Å². The van der Waals surface area contributed by atoms with E-state index in [0.29, 0.717) is 5.16 Å². The Balaban J connectivity index is 1.85. The van der Waals surface area contributed by atoms with Crippen LogP contribution in [-0.2, 0) is 4.79 Å². The van der Waals surface area contributed by atoms with E-state index < -0.39 is 0 Å². The van der Waals surface area contributed by atoms with Crippen LogP contribution in [0.25, 0.3) is 0 Å². The van der Waals surface area contributed by atoms with Gasteiger partial charge < -0.3 is 9.64 Å². The van der Waals surface area contributed by atoms with Gasteiger partial charge in [-0.25, -0.2) is 15.4 Å². The van der Waals surface area contributed by atoms with Crippen molar-refractivity contribution in [2.75, 3.05) is 31.9 Å². The number of anilines is 1. The number of hydrogen-bond acceptors (Lipinski definition) is 7. The first kappa shape index (κ1) is 18.7. The van der Waals surface area contributed by atoms with Gasteiger partial charge >= 0.3 is 0 Å². The molecule has 0 aliphatic heterocycles. The zero-order valence-electron chi connectivity index (χ0n) is 14.7. The number of hydrogen-bond donors (Lipinski definition) is 1. The van der Waals surface area contributed by atoms with E-state index in [1.165, 1.54) is 11.8 Å². The monoisotopic (exact) mass is 359 g/mol. The van der Waals surface area contributed by atoms with Gasteiger partial charge in [0.25, 0.3) is 5.91 Å². The Morgan fingerprint density at radius 3 is 2.68 bits per heavy atom. The number of thioether (sulfide) groups is 1. The molecular formula is C17H21N5O2S. The summed E-state index contributed by atoms with van der Waals surface area (Å²) in [6, 6.07) is 9.26. The second-order valence-corrected chi connectivity index (χ2v) is 6.34. The van der Waals surface area contributed by atoms with Gasteiger partial charge in [-0.05, 0) is 36.8 Å². The highest BCUT2D eigenvalue weighted by Crippen LogP contribution is 2.17. The number of nitrogens with zero attached hydrogens (tertiary/aromatic N) is 4. The SMILES string of the molecule is COc1ccc(C=NNC(=O)CSc2nc(C)cc(N(C)C)n2)cc1. The van der Waals surface area contributed by atoms with Crippen LogP contribution in [0.1, 0.15) is 11.3 Å². The lowest BCUT2D eigenvalue weighted by molar-refractivity contribution is -0.118. The summed E-state index contributed by atoms with van der Waals surface area (Å²) in [5, 5.41) is 4.51. The third-order valence-electron chi connectivity index (χ3n) is 3.13. The number of aryl methyl sites for hydroxylation is 1. The first-order chi connectivity index (χ1) is 12.0. The molecule has 8 heteroatoms. The molecule has 2 aromatic rings. The molecular weight excluding hydrogens is 338 g/mol. The van der Waals surface area contributed by atoms with Crippen LogP contribution in [0.3, 0.4) is 0 Å². The maximum atomic E-state index is 11.9. The molecule has 7 nitrogen and oxygen atoms in total. The van der Waals surface area contributed by atoms with Crippen LogP contribution < -0.4 is 15.1 Å². The van der Waals surface area contributed by atoms with Crippen LogP contribution >= 0.6 is 11.8 Å². The van der Waals surface area contributed by atoms with E-state index in [0.717, 1.165) is 22.8 Å².